The first-order valence-electron chi connectivity index (χ1n) is 7.23. The van der Waals surface area contributed by atoms with Gasteiger partial charge in [-0.25, -0.2) is 5.43 Å². The second-order valence-electron chi connectivity index (χ2n) is 4.93. The summed E-state index contributed by atoms with van der Waals surface area (Å²) in [6.45, 7) is 0. The van der Waals surface area contributed by atoms with Crippen LogP contribution in [0.2, 0.25) is 0 Å². The Kier molecular flexibility index (Phi) is 6.53. The van der Waals surface area contributed by atoms with E-state index in [0.717, 1.165) is 0 Å². The molecule has 8 heteroatoms. The third-order valence-electron chi connectivity index (χ3n) is 3.06. The molecule has 2 amide bonds. The summed E-state index contributed by atoms with van der Waals surface area (Å²) in [4.78, 5) is 23.5. The van der Waals surface area contributed by atoms with Crippen LogP contribution in [0.25, 0.3) is 0 Å². The number of phenolic OH excluding ortho intramolecular Hbond substituents is 1. The maximum atomic E-state index is 11.8. The number of para-hydroxylation sites is 1. The van der Waals surface area contributed by atoms with Crippen LogP contribution in [0, 0.1) is 0 Å². The predicted octanol–water partition coefficient (Wildman–Crippen LogP) is 2.64. The molecule has 2 aromatic carbocycles. The standard InChI is InChI=1S/C17H16BrN3O4/c1-25-14-8-12(18)7-11(17(14)24)10-19-21-16(23)9-15(22)20-13-5-3-2-4-6-13/h2-8,10,24H,9H2,1H3,(H,20,22)(H,21,23). The Morgan fingerprint density at radius 3 is 2.64 bits per heavy atom. The molecule has 25 heavy (non-hydrogen) atoms. The lowest BCUT2D eigenvalue weighted by Crippen LogP contribution is -2.24. The monoisotopic (exact) mass is 405 g/mol. The summed E-state index contributed by atoms with van der Waals surface area (Å²) in [6.07, 6.45) is 0.885. The van der Waals surface area contributed by atoms with Crippen molar-refractivity contribution in [1.82, 2.24) is 5.43 Å². The van der Waals surface area contributed by atoms with E-state index in [4.69, 9.17) is 4.74 Å². The number of anilines is 1. The van der Waals surface area contributed by atoms with Gasteiger partial charge in [0.25, 0.3) is 0 Å². The van der Waals surface area contributed by atoms with Crippen molar-refractivity contribution in [3.8, 4) is 11.5 Å². The van der Waals surface area contributed by atoms with Crippen molar-refractivity contribution >= 4 is 39.6 Å². The minimum atomic E-state index is -0.578. The molecule has 0 aliphatic rings. The molecule has 0 bridgehead atoms. The molecule has 0 aliphatic carbocycles. The van der Waals surface area contributed by atoms with Crippen molar-refractivity contribution in [2.75, 3.05) is 12.4 Å². The maximum absolute atomic E-state index is 11.8. The molecular weight excluding hydrogens is 390 g/mol. The second-order valence-corrected chi connectivity index (χ2v) is 5.85. The number of ether oxygens (including phenoxy) is 1. The summed E-state index contributed by atoms with van der Waals surface area (Å²) >= 11 is 3.28. The molecule has 0 heterocycles. The topological polar surface area (TPSA) is 100 Å². The lowest BCUT2D eigenvalue weighted by atomic mass is 10.2. The van der Waals surface area contributed by atoms with E-state index in [9.17, 15) is 14.7 Å². The zero-order valence-corrected chi connectivity index (χ0v) is 14.9. The van der Waals surface area contributed by atoms with Crippen LogP contribution in [-0.4, -0.2) is 30.2 Å². The highest BCUT2D eigenvalue weighted by Gasteiger charge is 2.10. The molecule has 2 rings (SSSR count). The number of benzene rings is 2. The van der Waals surface area contributed by atoms with Crippen LogP contribution in [0.15, 0.2) is 52.0 Å². The van der Waals surface area contributed by atoms with Gasteiger partial charge in [0.15, 0.2) is 11.5 Å². The number of hydrazone groups is 1. The molecule has 2 aromatic rings. The summed E-state index contributed by atoms with van der Waals surface area (Å²) in [5.74, 6) is -0.869. The van der Waals surface area contributed by atoms with Gasteiger partial charge in [0.05, 0.1) is 13.3 Å². The molecule has 130 valence electrons. The van der Waals surface area contributed by atoms with Gasteiger partial charge < -0.3 is 15.2 Å². The lowest BCUT2D eigenvalue weighted by Gasteiger charge is -2.07. The van der Waals surface area contributed by atoms with Crippen LogP contribution < -0.4 is 15.5 Å². The number of nitrogens with one attached hydrogen (secondary N) is 2. The minimum absolute atomic E-state index is 0.106. The SMILES string of the molecule is COc1cc(Br)cc(C=NNC(=O)CC(=O)Nc2ccccc2)c1O. The fourth-order valence-corrected chi connectivity index (χ4v) is 2.39. The Hall–Kier alpha value is -2.87. The highest BCUT2D eigenvalue weighted by Crippen LogP contribution is 2.32. The van der Waals surface area contributed by atoms with E-state index in [0.29, 0.717) is 15.7 Å². The molecule has 0 saturated carbocycles. The van der Waals surface area contributed by atoms with E-state index in [-0.39, 0.29) is 17.9 Å². The number of carbonyl (C=O) groups excluding carboxylic acids is 2. The fourth-order valence-electron chi connectivity index (χ4n) is 1.93. The average Bonchev–Trinajstić information content (AvgIpc) is 2.58. The highest BCUT2D eigenvalue weighted by molar-refractivity contribution is 9.10. The van der Waals surface area contributed by atoms with Gasteiger partial charge in [0, 0.05) is 15.7 Å². The maximum Gasteiger partial charge on any atom is 0.249 e. The van der Waals surface area contributed by atoms with Gasteiger partial charge in [-0.1, -0.05) is 34.1 Å². The number of aromatic hydroxyl groups is 1. The highest BCUT2D eigenvalue weighted by atomic mass is 79.9. The molecule has 0 aliphatic heterocycles. The van der Waals surface area contributed by atoms with E-state index >= 15 is 0 Å². The van der Waals surface area contributed by atoms with Gasteiger partial charge in [-0.15, -0.1) is 0 Å². The van der Waals surface area contributed by atoms with Crippen molar-refractivity contribution in [2.45, 2.75) is 6.42 Å². The minimum Gasteiger partial charge on any atom is -0.504 e. The third-order valence-corrected chi connectivity index (χ3v) is 3.52. The molecule has 7 nitrogen and oxygen atoms in total. The van der Waals surface area contributed by atoms with E-state index < -0.39 is 11.8 Å². The van der Waals surface area contributed by atoms with Gasteiger partial charge in [-0.3, -0.25) is 9.59 Å². The fraction of sp³-hybridized carbons (Fsp3) is 0.118. The number of nitrogens with zero attached hydrogens (tertiary/aromatic N) is 1. The Labute approximate surface area is 152 Å². The molecule has 0 aromatic heterocycles. The van der Waals surface area contributed by atoms with Gasteiger partial charge in [0.2, 0.25) is 11.8 Å². The van der Waals surface area contributed by atoms with Crippen LogP contribution in [0.3, 0.4) is 0 Å². The van der Waals surface area contributed by atoms with Gasteiger partial charge in [-0.2, -0.15) is 5.10 Å². The summed E-state index contributed by atoms with van der Waals surface area (Å²) in [7, 11) is 1.43. The number of amides is 2. The van der Waals surface area contributed by atoms with E-state index in [1.807, 2.05) is 6.07 Å². The van der Waals surface area contributed by atoms with Crippen molar-refractivity contribution in [3.05, 3.63) is 52.5 Å². The van der Waals surface area contributed by atoms with Gasteiger partial charge in [0.1, 0.15) is 6.42 Å². The Bertz CT molecular complexity index is 794. The predicted molar refractivity (Wildman–Crippen MR) is 97.8 cm³/mol. The van der Waals surface area contributed by atoms with Crippen molar-refractivity contribution in [2.24, 2.45) is 5.10 Å². The largest absolute Gasteiger partial charge is 0.504 e. The average molecular weight is 406 g/mol. The number of hydrogen-bond acceptors (Lipinski definition) is 5. The zero-order valence-electron chi connectivity index (χ0n) is 13.3. The van der Waals surface area contributed by atoms with E-state index in [1.54, 1.807) is 36.4 Å². The Morgan fingerprint density at radius 1 is 1.24 bits per heavy atom. The van der Waals surface area contributed by atoms with E-state index in [2.05, 4.69) is 31.8 Å². The van der Waals surface area contributed by atoms with E-state index in [1.165, 1.54) is 13.3 Å². The second kappa shape index (κ2) is 8.84. The molecular formula is C17H16BrN3O4. The van der Waals surface area contributed by atoms with Crippen LogP contribution in [0.5, 0.6) is 11.5 Å². The number of hydrogen-bond donors (Lipinski definition) is 3. The third kappa shape index (κ3) is 5.61. The summed E-state index contributed by atoms with van der Waals surface area (Å²) in [5, 5.41) is 16.3. The number of methoxy groups -OCH3 is 1. The Morgan fingerprint density at radius 2 is 1.96 bits per heavy atom. The molecule has 0 unspecified atom stereocenters. The summed E-state index contributed by atoms with van der Waals surface area (Å²) in [6, 6.07) is 12.0. The normalized spacial score (nSPS) is 10.5. The lowest BCUT2D eigenvalue weighted by molar-refractivity contribution is -0.126. The summed E-state index contributed by atoms with van der Waals surface area (Å²) < 4.78 is 5.70. The number of phenols is 1. The van der Waals surface area contributed by atoms with Crippen molar-refractivity contribution in [3.63, 3.8) is 0 Å². The number of carbonyl (C=O) groups is 2. The van der Waals surface area contributed by atoms with Crippen LogP contribution in [0.1, 0.15) is 12.0 Å². The van der Waals surface area contributed by atoms with Crippen LogP contribution >= 0.6 is 15.9 Å². The van der Waals surface area contributed by atoms with Crippen molar-refractivity contribution in [1.29, 1.82) is 0 Å². The quantitative estimate of drug-likeness (QED) is 0.390. The van der Waals surface area contributed by atoms with Crippen molar-refractivity contribution < 1.29 is 19.4 Å². The summed E-state index contributed by atoms with van der Waals surface area (Å²) in [5.41, 5.74) is 3.19. The first kappa shape index (κ1) is 18.5. The smallest absolute Gasteiger partial charge is 0.249 e. The number of rotatable bonds is 6. The first-order valence-corrected chi connectivity index (χ1v) is 8.02. The number of halogens is 1. The molecule has 0 saturated heterocycles. The first-order chi connectivity index (χ1) is 12.0. The molecule has 0 atom stereocenters. The molecule has 0 fully saturated rings. The molecule has 0 radical (unpaired) electrons. The van der Waals surface area contributed by atoms with Gasteiger partial charge >= 0.3 is 0 Å². The Balaban J connectivity index is 1.90. The zero-order chi connectivity index (χ0) is 18.2. The molecule has 3 N–H and O–H groups in total. The van der Waals surface area contributed by atoms with Crippen LogP contribution in [-0.2, 0) is 9.59 Å². The van der Waals surface area contributed by atoms with Gasteiger partial charge in [-0.05, 0) is 24.3 Å². The molecule has 0 spiro atoms. The van der Waals surface area contributed by atoms with Crippen LogP contribution in [0.4, 0.5) is 5.69 Å².